The van der Waals surface area contributed by atoms with Gasteiger partial charge in [-0.25, -0.2) is 0 Å². The Balaban J connectivity index is 1.60. The van der Waals surface area contributed by atoms with E-state index >= 15 is 0 Å². The molecule has 0 spiro atoms. The van der Waals surface area contributed by atoms with Gasteiger partial charge in [0.15, 0.2) is 5.79 Å². The Hall–Kier alpha value is -1.39. The molecule has 0 amide bonds. The smallest absolute Gasteiger partial charge is 0.165 e. The van der Waals surface area contributed by atoms with Gasteiger partial charge in [-0.2, -0.15) is 0 Å². The lowest BCUT2D eigenvalue weighted by molar-refractivity contribution is -0.278. The van der Waals surface area contributed by atoms with E-state index in [1.165, 1.54) is 5.56 Å². The molecule has 1 heterocycles. The number of fused-ring (bicyclic) bond motifs is 1. The van der Waals surface area contributed by atoms with Gasteiger partial charge in [0.05, 0.1) is 18.6 Å². The van der Waals surface area contributed by atoms with Crippen molar-refractivity contribution in [1.82, 2.24) is 0 Å². The zero-order chi connectivity index (χ0) is 18.3. The topological polar surface area (TPSA) is 55.8 Å². The summed E-state index contributed by atoms with van der Waals surface area (Å²) in [7, 11) is 1.67. The van der Waals surface area contributed by atoms with Gasteiger partial charge in [-0.3, -0.25) is 4.79 Å². The zero-order valence-electron chi connectivity index (χ0n) is 15.8. The second-order valence-electron chi connectivity index (χ2n) is 8.59. The lowest BCUT2D eigenvalue weighted by Crippen LogP contribution is -2.49. The molecule has 0 bridgehead atoms. The Kier molecular flexibility index (Phi) is 4.71. The van der Waals surface area contributed by atoms with Gasteiger partial charge in [-0.05, 0) is 43.4 Å². The van der Waals surface area contributed by atoms with E-state index < -0.39 is 11.2 Å². The molecule has 2 aliphatic rings. The normalized spacial score (nSPS) is 34.0. The number of carbonyl (C=O) groups is 1. The predicted octanol–water partition coefficient (Wildman–Crippen LogP) is 3.89. The largest absolute Gasteiger partial charge is 0.497 e. The van der Waals surface area contributed by atoms with Crippen LogP contribution in [0.3, 0.4) is 0 Å². The van der Waals surface area contributed by atoms with Crippen molar-refractivity contribution in [1.29, 1.82) is 0 Å². The van der Waals surface area contributed by atoms with Crippen LogP contribution in [-0.2, 0) is 16.0 Å². The van der Waals surface area contributed by atoms with Crippen LogP contribution in [0, 0.1) is 10.8 Å². The van der Waals surface area contributed by atoms with Crippen molar-refractivity contribution in [3.63, 3.8) is 0 Å². The Morgan fingerprint density at radius 3 is 2.76 bits per heavy atom. The van der Waals surface area contributed by atoms with E-state index in [0.717, 1.165) is 18.6 Å². The number of benzene rings is 1. The molecule has 1 aromatic rings. The third kappa shape index (κ3) is 3.47. The number of ether oxygens (including phenoxy) is 2. The summed E-state index contributed by atoms with van der Waals surface area (Å²) in [6.07, 6.45) is 4.05. The van der Waals surface area contributed by atoms with Gasteiger partial charge in [-0.1, -0.05) is 32.9 Å². The molecule has 1 aliphatic heterocycles. The Labute approximate surface area is 150 Å². The molecule has 2 fully saturated rings. The van der Waals surface area contributed by atoms with Crippen molar-refractivity contribution in [3.05, 3.63) is 29.8 Å². The second-order valence-corrected chi connectivity index (χ2v) is 8.59. The highest BCUT2D eigenvalue weighted by Crippen LogP contribution is 2.54. The average molecular weight is 346 g/mol. The minimum atomic E-state index is -1.11. The third-order valence-electron chi connectivity index (χ3n) is 6.10. The number of methoxy groups -OCH3 is 1. The van der Waals surface area contributed by atoms with Crippen LogP contribution in [-0.4, -0.2) is 29.9 Å². The van der Waals surface area contributed by atoms with Crippen LogP contribution in [0.1, 0.15) is 58.4 Å². The van der Waals surface area contributed by atoms with E-state index in [9.17, 15) is 9.90 Å². The summed E-state index contributed by atoms with van der Waals surface area (Å²) < 4.78 is 11.4. The minimum absolute atomic E-state index is 0.175. The van der Waals surface area contributed by atoms with Crippen LogP contribution in [0.15, 0.2) is 24.3 Å². The Bertz CT molecular complexity index is 653. The van der Waals surface area contributed by atoms with Gasteiger partial charge in [0.25, 0.3) is 0 Å². The lowest BCUT2D eigenvalue weighted by atomic mass is 9.74. The number of hydrogen-bond donors (Lipinski definition) is 1. The number of carbonyl (C=O) groups excluding carboxylic acids is 1. The molecule has 0 unspecified atom stereocenters. The molecule has 4 nitrogen and oxygen atoms in total. The fourth-order valence-corrected chi connectivity index (χ4v) is 4.51. The molecule has 1 saturated carbocycles. The van der Waals surface area contributed by atoms with E-state index in [1.807, 2.05) is 39.0 Å². The second kappa shape index (κ2) is 6.40. The Morgan fingerprint density at radius 2 is 2.04 bits per heavy atom. The first kappa shape index (κ1) is 18.4. The van der Waals surface area contributed by atoms with E-state index in [1.54, 1.807) is 7.11 Å². The fraction of sp³-hybridized carbons (Fsp3) is 0.667. The standard InChI is InChI=1S/C21H30O4/c1-19(2)14-17-20(3,18(19)22)11-12-21(23,25-17)10-6-8-15-7-5-9-16(13-15)24-4/h5,7,9,13,17,23H,6,8,10-12,14H2,1-4H3/t17-,20-,21+/m0/s1. The van der Waals surface area contributed by atoms with Crippen LogP contribution in [0.2, 0.25) is 0 Å². The molecule has 0 radical (unpaired) electrons. The highest BCUT2D eigenvalue weighted by Gasteiger charge is 2.60. The number of aryl methyl sites for hydroxylation is 1. The van der Waals surface area contributed by atoms with E-state index in [0.29, 0.717) is 25.7 Å². The molecule has 1 N–H and O–H groups in total. The molecule has 3 rings (SSSR count). The fourth-order valence-electron chi connectivity index (χ4n) is 4.51. The first-order valence-corrected chi connectivity index (χ1v) is 9.27. The molecule has 25 heavy (non-hydrogen) atoms. The summed E-state index contributed by atoms with van der Waals surface area (Å²) in [6.45, 7) is 5.98. The quantitative estimate of drug-likeness (QED) is 0.879. The SMILES string of the molecule is COc1cccc(CCC[C@]2(O)CC[C@]3(C)C(=O)C(C)(C)C[C@@H]3O2)c1. The van der Waals surface area contributed by atoms with Crippen molar-refractivity contribution in [3.8, 4) is 5.75 Å². The monoisotopic (exact) mass is 346 g/mol. The molecule has 138 valence electrons. The number of ketones is 1. The highest BCUT2D eigenvalue weighted by atomic mass is 16.6. The number of aliphatic hydroxyl groups is 1. The van der Waals surface area contributed by atoms with Crippen molar-refractivity contribution < 1.29 is 19.4 Å². The third-order valence-corrected chi connectivity index (χ3v) is 6.10. The maximum atomic E-state index is 12.7. The van der Waals surface area contributed by atoms with Gasteiger partial charge in [0, 0.05) is 18.3 Å². The highest BCUT2D eigenvalue weighted by molar-refractivity contribution is 5.92. The summed E-state index contributed by atoms with van der Waals surface area (Å²) in [6, 6.07) is 8.02. The van der Waals surface area contributed by atoms with Gasteiger partial charge >= 0.3 is 0 Å². The first-order valence-electron chi connectivity index (χ1n) is 9.27. The lowest BCUT2D eigenvalue weighted by Gasteiger charge is -2.44. The van der Waals surface area contributed by atoms with Gasteiger partial charge in [0.2, 0.25) is 0 Å². The van der Waals surface area contributed by atoms with Gasteiger partial charge in [0.1, 0.15) is 11.5 Å². The number of rotatable bonds is 5. The molecule has 3 atom stereocenters. The van der Waals surface area contributed by atoms with E-state index in [-0.39, 0.29) is 17.3 Å². The first-order chi connectivity index (χ1) is 11.7. The van der Waals surface area contributed by atoms with Crippen LogP contribution in [0.5, 0.6) is 5.75 Å². The van der Waals surface area contributed by atoms with Crippen LogP contribution in [0.4, 0.5) is 0 Å². The van der Waals surface area contributed by atoms with E-state index in [4.69, 9.17) is 9.47 Å². The molecule has 4 heteroatoms. The maximum absolute atomic E-state index is 12.7. The van der Waals surface area contributed by atoms with Crippen molar-refractivity contribution in [2.24, 2.45) is 10.8 Å². The molecule has 1 aromatic carbocycles. The van der Waals surface area contributed by atoms with Gasteiger partial charge < -0.3 is 14.6 Å². The van der Waals surface area contributed by atoms with Crippen molar-refractivity contribution in [2.45, 2.75) is 71.2 Å². The van der Waals surface area contributed by atoms with Gasteiger partial charge in [-0.15, -0.1) is 0 Å². The zero-order valence-corrected chi connectivity index (χ0v) is 15.8. The average Bonchev–Trinajstić information content (AvgIpc) is 2.74. The molecule has 1 aliphatic carbocycles. The summed E-state index contributed by atoms with van der Waals surface area (Å²) in [4.78, 5) is 12.7. The minimum Gasteiger partial charge on any atom is -0.497 e. The van der Waals surface area contributed by atoms with Crippen LogP contribution >= 0.6 is 0 Å². The predicted molar refractivity (Wildman–Crippen MR) is 96.5 cm³/mol. The molecule has 1 saturated heterocycles. The molecular weight excluding hydrogens is 316 g/mol. The van der Waals surface area contributed by atoms with Crippen molar-refractivity contribution in [2.75, 3.05) is 7.11 Å². The summed E-state index contributed by atoms with van der Waals surface area (Å²) in [5.74, 6) is 0.0278. The number of Topliss-reactive ketones (excluding diaryl/α,β-unsaturated/α-hetero) is 1. The summed E-state index contributed by atoms with van der Waals surface area (Å²) in [5.41, 5.74) is 0.397. The number of hydrogen-bond acceptors (Lipinski definition) is 4. The summed E-state index contributed by atoms with van der Waals surface area (Å²) >= 11 is 0. The maximum Gasteiger partial charge on any atom is 0.165 e. The molecular formula is C21H30O4. The molecule has 0 aromatic heterocycles. The van der Waals surface area contributed by atoms with Crippen molar-refractivity contribution >= 4 is 5.78 Å². The van der Waals surface area contributed by atoms with Crippen LogP contribution < -0.4 is 4.74 Å². The summed E-state index contributed by atoms with van der Waals surface area (Å²) in [5, 5.41) is 10.9. The van der Waals surface area contributed by atoms with Crippen LogP contribution in [0.25, 0.3) is 0 Å². The van der Waals surface area contributed by atoms with E-state index in [2.05, 4.69) is 6.07 Å². The Morgan fingerprint density at radius 1 is 1.28 bits per heavy atom.